The van der Waals surface area contributed by atoms with Crippen LogP contribution >= 0.6 is 0 Å². The first-order chi connectivity index (χ1) is 17.7. The average Bonchev–Trinajstić information content (AvgIpc) is 3.16. The Bertz CT molecular complexity index is 922. The third-order valence-electron chi connectivity index (χ3n) is 7.50. The minimum absolute atomic E-state index is 0.0597. The highest BCUT2D eigenvalue weighted by Gasteiger charge is 2.40. The van der Waals surface area contributed by atoms with Crippen LogP contribution in [0.5, 0.6) is 0 Å². The molecule has 1 fully saturated rings. The van der Waals surface area contributed by atoms with Crippen LogP contribution in [0, 0.1) is 0 Å². The van der Waals surface area contributed by atoms with Crippen molar-refractivity contribution < 1.29 is 18.3 Å². The summed E-state index contributed by atoms with van der Waals surface area (Å²) in [7, 11) is 3.82. The van der Waals surface area contributed by atoms with Crippen LogP contribution in [-0.4, -0.2) is 86.7 Å². The van der Waals surface area contributed by atoms with Gasteiger partial charge in [-0.1, -0.05) is 13.3 Å². The summed E-state index contributed by atoms with van der Waals surface area (Å²) in [6.07, 6.45) is -0.533. The second-order valence-electron chi connectivity index (χ2n) is 10.4. The molecule has 1 aromatic heterocycles. The molecule has 2 unspecified atom stereocenters. The summed E-state index contributed by atoms with van der Waals surface area (Å²) in [5, 5.41) is 4.57. The number of rotatable bonds is 13. The summed E-state index contributed by atoms with van der Waals surface area (Å²) < 4.78 is 40.4. The third-order valence-corrected chi connectivity index (χ3v) is 7.50. The maximum absolute atomic E-state index is 14.3. The van der Waals surface area contributed by atoms with Gasteiger partial charge in [-0.2, -0.15) is 0 Å². The molecule has 0 bridgehead atoms. The number of hydrazine groups is 1. The van der Waals surface area contributed by atoms with E-state index in [-0.39, 0.29) is 23.9 Å². The van der Waals surface area contributed by atoms with E-state index in [0.29, 0.717) is 37.6 Å². The largest absolute Gasteiger partial charge is 0.382 e. The van der Waals surface area contributed by atoms with Crippen LogP contribution in [0.4, 0.5) is 20.3 Å². The van der Waals surface area contributed by atoms with Gasteiger partial charge >= 0.3 is 0 Å². The molecule has 7 nitrogen and oxygen atoms in total. The number of methoxy groups -OCH3 is 1. The standard InChI is InChI=1S/C28H47F2N5O2/c1-9-12-22-23(33(10-2)11-3)15-25(31-26(22)28(29)30)34(19(4)5)14-13-24-27-20(6)16-32(7)35(27)21(17-36-8)18-37-24/h15,19,21,24,28H,9-14,16-18H2,1-8H3. The maximum Gasteiger partial charge on any atom is 0.280 e. The predicted molar refractivity (Wildman–Crippen MR) is 146 cm³/mol. The van der Waals surface area contributed by atoms with Gasteiger partial charge in [0, 0.05) is 63.7 Å². The van der Waals surface area contributed by atoms with Gasteiger partial charge < -0.3 is 19.3 Å². The summed E-state index contributed by atoms with van der Waals surface area (Å²) in [4.78, 5) is 8.90. The fourth-order valence-corrected chi connectivity index (χ4v) is 5.82. The first-order valence-electron chi connectivity index (χ1n) is 13.8. The highest BCUT2D eigenvalue weighted by atomic mass is 19.3. The molecule has 2 atom stereocenters. The van der Waals surface area contributed by atoms with Gasteiger partial charge in [-0.3, -0.25) is 5.01 Å². The van der Waals surface area contributed by atoms with Crippen LogP contribution in [0.15, 0.2) is 17.3 Å². The minimum Gasteiger partial charge on any atom is -0.382 e. The van der Waals surface area contributed by atoms with Crippen molar-refractivity contribution in [2.75, 3.05) is 63.4 Å². The van der Waals surface area contributed by atoms with Crippen molar-refractivity contribution in [3.05, 3.63) is 28.6 Å². The van der Waals surface area contributed by atoms with Crippen molar-refractivity contribution in [3.8, 4) is 0 Å². The van der Waals surface area contributed by atoms with E-state index in [4.69, 9.17) is 9.47 Å². The fourth-order valence-electron chi connectivity index (χ4n) is 5.82. The van der Waals surface area contributed by atoms with Gasteiger partial charge in [0.1, 0.15) is 17.6 Å². The Hall–Kier alpha value is -1.97. The number of nitrogens with zero attached hydrogens (tertiary/aromatic N) is 5. The zero-order valence-electron chi connectivity index (χ0n) is 24.1. The number of anilines is 2. The lowest BCUT2D eigenvalue weighted by molar-refractivity contribution is -0.112. The van der Waals surface area contributed by atoms with Crippen molar-refractivity contribution in [2.45, 2.75) is 85.4 Å². The van der Waals surface area contributed by atoms with Gasteiger partial charge in [0.25, 0.3) is 6.43 Å². The summed E-state index contributed by atoms with van der Waals surface area (Å²) >= 11 is 0. The molecule has 0 aromatic carbocycles. The van der Waals surface area contributed by atoms with E-state index in [2.05, 4.69) is 66.5 Å². The lowest BCUT2D eigenvalue weighted by Gasteiger charge is -2.44. The lowest BCUT2D eigenvalue weighted by atomic mass is 10.0. The molecule has 0 amide bonds. The summed E-state index contributed by atoms with van der Waals surface area (Å²) in [6.45, 7) is 16.8. The first kappa shape index (κ1) is 29.6. The molecule has 0 N–H and O–H groups in total. The van der Waals surface area contributed by atoms with E-state index in [9.17, 15) is 8.78 Å². The molecular weight excluding hydrogens is 476 g/mol. The lowest BCUT2D eigenvalue weighted by Crippen LogP contribution is -2.53. The molecule has 0 saturated carbocycles. The van der Waals surface area contributed by atoms with Gasteiger partial charge in [0.15, 0.2) is 0 Å². The Kier molecular flexibility index (Phi) is 10.6. The number of halogens is 2. The van der Waals surface area contributed by atoms with Crippen molar-refractivity contribution >= 4 is 11.5 Å². The number of hydrogen-bond acceptors (Lipinski definition) is 7. The van der Waals surface area contributed by atoms with Crippen LogP contribution < -0.4 is 9.80 Å². The Labute approximate surface area is 222 Å². The van der Waals surface area contributed by atoms with Gasteiger partial charge in [-0.25, -0.2) is 18.8 Å². The smallest absolute Gasteiger partial charge is 0.280 e. The van der Waals surface area contributed by atoms with E-state index in [1.165, 1.54) is 11.3 Å². The van der Waals surface area contributed by atoms with Crippen molar-refractivity contribution in [3.63, 3.8) is 0 Å². The summed E-state index contributed by atoms with van der Waals surface area (Å²) in [5.74, 6) is 0.617. The molecule has 0 aliphatic carbocycles. The zero-order chi connectivity index (χ0) is 27.3. The molecule has 0 radical (unpaired) electrons. The number of aromatic nitrogens is 1. The highest BCUT2D eigenvalue weighted by Crippen LogP contribution is 2.36. The number of pyridine rings is 1. The topological polar surface area (TPSA) is 44.3 Å². The molecule has 9 heteroatoms. The fraction of sp³-hybridized carbons (Fsp3) is 0.750. The van der Waals surface area contributed by atoms with Gasteiger partial charge in [-0.15, -0.1) is 0 Å². The van der Waals surface area contributed by atoms with Crippen LogP contribution in [-0.2, 0) is 15.9 Å². The van der Waals surface area contributed by atoms with Crippen LogP contribution in [0.3, 0.4) is 0 Å². The molecule has 37 heavy (non-hydrogen) atoms. The quantitative estimate of drug-likeness (QED) is 0.349. The Morgan fingerprint density at radius 1 is 1.22 bits per heavy atom. The molecule has 2 aliphatic rings. The van der Waals surface area contributed by atoms with Gasteiger partial charge in [-0.05, 0) is 53.0 Å². The number of ether oxygens (including phenoxy) is 2. The molecule has 210 valence electrons. The summed E-state index contributed by atoms with van der Waals surface area (Å²) in [5.41, 5.74) is 4.00. The van der Waals surface area contributed by atoms with Gasteiger partial charge in [0.2, 0.25) is 0 Å². The number of fused-ring (bicyclic) bond motifs is 1. The van der Waals surface area contributed by atoms with Crippen molar-refractivity contribution in [1.29, 1.82) is 0 Å². The van der Waals surface area contributed by atoms with Crippen LogP contribution in [0.2, 0.25) is 0 Å². The zero-order valence-corrected chi connectivity index (χ0v) is 24.1. The molecular formula is C28H47F2N5O2. The molecule has 3 heterocycles. The number of morpholine rings is 1. The Morgan fingerprint density at radius 2 is 1.92 bits per heavy atom. The molecule has 1 saturated heterocycles. The summed E-state index contributed by atoms with van der Waals surface area (Å²) in [6, 6.07) is 2.28. The average molecular weight is 524 g/mol. The van der Waals surface area contributed by atoms with Crippen LogP contribution in [0.1, 0.15) is 72.1 Å². The van der Waals surface area contributed by atoms with Gasteiger partial charge in [0.05, 0.1) is 25.0 Å². The molecule has 2 aliphatic heterocycles. The second-order valence-corrected chi connectivity index (χ2v) is 10.4. The van der Waals surface area contributed by atoms with E-state index < -0.39 is 6.43 Å². The maximum atomic E-state index is 14.3. The Morgan fingerprint density at radius 3 is 2.49 bits per heavy atom. The van der Waals surface area contributed by atoms with Crippen molar-refractivity contribution in [1.82, 2.24) is 15.0 Å². The monoisotopic (exact) mass is 523 g/mol. The normalized spacial score (nSPS) is 20.4. The van der Waals surface area contributed by atoms with E-state index in [1.807, 2.05) is 13.0 Å². The number of likely N-dealkylation sites (N-methyl/N-ethyl adjacent to an activating group) is 1. The van der Waals surface area contributed by atoms with E-state index in [1.54, 1.807) is 7.11 Å². The van der Waals surface area contributed by atoms with Crippen molar-refractivity contribution in [2.24, 2.45) is 0 Å². The third kappa shape index (κ3) is 6.37. The SMILES string of the molecule is CCCc1c(N(CC)CC)cc(N(CCC2OCC(COC)N3C2=C(C)CN3C)C(C)C)nc1C(F)F. The highest BCUT2D eigenvalue weighted by molar-refractivity contribution is 5.63. The molecule has 3 rings (SSSR count). The van der Waals surface area contributed by atoms with E-state index >= 15 is 0 Å². The Balaban J connectivity index is 1.92. The predicted octanol–water partition coefficient (Wildman–Crippen LogP) is 5.27. The van der Waals surface area contributed by atoms with E-state index in [0.717, 1.165) is 38.2 Å². The first-order valence-corrected chi connectivity index (χ1v) is 13.8. The number of hydrogen-bond donors (Lipinski definition) is 0. The molecule has 1 aromatic rings. The minimum atomic E-state index is -2.61. The second kappa shape index (κ2) is 13.2. The van der Waals surface area contributed by atoms with Crippen LogP contribution in [0.25, 0.3) is 0 Å². The number of alkyl halides is 2. The molecule has 0 spiro atoms.